The molecule has 0 bridgehead atoms. The zero-order valence-corrected chi connectivity index (χ0v) is 32.0. The van der Waals surface area contributed by atoms with Gasteiger partial charge in [0.05, 0.1) is 175 Å². The fourth-order valence-electron chi connectivity index (χ4n) is 3.90. The fraction of sp³-hybridized carbons (Fsp3) is 0.848. The Kier molecular flexibility index (Phi) is 34.8. The standard InChI is InChI=1S/C33H59NO15S2/c1-50-30-31(51-2)33(37)34(32(30)36)4-7-39-9-11-41-13-15-43-17-19-45-21-23-47-25-27-49-29-28-48-26-24-46-22-20-44-18-16-42-14-12-40-10-8-38-6-3-5-35/h5H,3-4,6-29H2,1-2H3. The molecular weight excluding hydrogens is 714 g/mol. The van der Waals surface area contributed by atoms with Gasteiger partial charge in [-0.25, -0.2) is 0 Å². The summed E-state index contributed by atoms with van der Waals surface area (Å²) in [5.74, 6) is -0.504. The van der Waals surface area contributed by atoms with Crippen LogP contribution in [0, 0.1) is 0 Å². The Balaban J connectivity index is 1.67. The number of amides is 2. The predicted octanol–water partition coefficient (Wildman–Crippen LogP) is 1.08. The summed E-state index contributed by atoms with van der Waals surface area (Å²) in [4.78, 5) is 37.0. The molecule has 1 rings (SSSR count). The molecule has 0 spiro atoms. The van der Waals surface area contributed by atoms with Crippen molar-refractivity contribution in [2.45, 2.75) is 6.42 Å². The maximum atomic E-state index is 12.3. The van der Waals surface area contributed by atoms with E-state index in [9.17, 15) is 14.4 Å². The highest BCUT2D eigenvalue weighted by Gasteiger charge is 2.37. The first-order valence-corrected chi connectivity index (χ1v) is 19.7. The highest BCUT2D eigenvalue weighted by Crippen LogP contribution is 2.33. The number of aldehydes is 1. The number of hydrogen-bond donors (Lipinski definition) is 0. The molecule has 0 aromatic heterocycles. The monoisotopic (exact) mass is 773 g/mol. The highest BCUT2D eigenvalue weighted by molar-refractivity contribution is 8.07. The van der Waals surface area contributed by atoms with Gasteiger partial charge in [-0.1, -0.05) is 0 Å². The van der Waals surface area contributed by atoms with Crippen LogP contribution < -0.4 is 0 Å². The lowest BCUT2D eigenvalue weighted by atomic mass is 10.5. The molecule has 1 aliphatic heterocycles. The van der Waals surface area contributed by atoms with Gasteiger partial charge in [0, 0.05) is 6.42 Å². The van der Waals surface area contributed by atoms with Gasteiger partial charge in [0.2, 0.25) is 0 Å². The average Bonchev–Trinajstić information content (AvgIpc) is 3.37. The van der Waals surface area contributed by atoms with Crippen LogP contribution in [0.5, 0.6) is 0 Å². The molecule has 0 atom stereocenters. The number of carbonyl (C=O) groups excluding carboxylic acids is 3. The normalized spacial score (nSPS) is 13.3. The van der Waals surface area contributed by atoms with Crippen LogP contribution in [0.3, 0.4) is 0 Å². The Morgan fingerprint density at radius 2 is 0.608 bits per heavy atom. The SMILES string of the molecule is CSC1=C(SC)C(=O)N(CCOCCOCCOCCOCCOCCOCCOCCOCCOCCOCCOCCOCCC=O)C1=O. The lowest BCUT2D eigenvalue weighted by molar-refractivity contribution is -0.138. The van der Waals surface area contributed by atoms with Crippen molar-refractivity contribution in [3.8, 4) is 0 Å². The summed E-state index contributed by atoms with van der Waals surface area (Å²) < 4.78 is 65.2. The van der Waals surface area contributed by atoms with E-state index in [1.807, 2.05) is 0 Å². The summed E-state index contributed by atoms with van der Waals surface area (Å²) >= 11 is 2.59. The van der Waals surface area contributed by atoms with Crippen LogP contribution in [-0.4, -0.2) is 201 Å². The van der Waals surface area contributed by atoms with Crippen molar-refractivity contribution in [3.63, 3.8) is 0 Å². The van der Waals surface area contributed by atoms with Gasteiger partial charge in [-0.05, 0) is 12.5 Å². The topological polar surface area (TPSA) is 165 Å². The van der Waals surface area contributed by atoms with Gasteiger partial charge < -0.3 is 61.6 Å². The van der Waals surface area contributed by atoms with Gasteiger partial charge in [-0.3, -0.25) is 14.5 Å². The number of imide groups is 1. The quantitative estimate of drug-likeness (QED) is 0.0492. The summed E-state index contributed by atoms with van der Waals surface area (Å²) in [6.07, 6.45) is 4.82. The molecule has 0 aliphatic carbocycles. The molecule has 298 valence electrons. The first kappa shape index (κ1) is 47.8. The number of nitrogens with zero attached hydrogens (tertiary/aromatic N) is 1. The van der Waals surface area contributed by atoms with Crippen molar-refractivity contribution in [2.24, 2.45) is 0 Å². The van der Waals surface area contributed by atoms with Crippen LogP contribution in [0.15, 0.2) is 9.81 Å². The zero-order chi connectivity index (χ0) is 36.9. The van der Waals surface area contributed by atoms with Gasteiger partial charge >= 0.3 is 0 Å². The van der Waals surface area contributed by atoms with Gasteiger partial charge in [0.25, 0.3) is 11.8 Å². The van der Waals surface area contributed by atoms with Crippen molar-refractivity contribution < 1.29 is 71.2 Å². The molecule has 0 radical (unpaired) electrons. The fourth-order valence-corrected chi connectivity index (χ4v) is 5.52. The van der Waals surface area contributed by atoms with E-state index in [1.165, 1.54) is 28.4 Å². The highest BCUT2D eigenvalue weighted by atomic mass is 32.2. The Hall–Kier alpha value is -1.23. The Labute approximate surface area is 311 Å². The minimum atomic E-state index is -0.252. The molecule has 18 heteroatoms. The summed E-state index contributed by atoms with van der Waals surface area (Å²) in [7, 11) is 0. The van der Waals surface area contributed by atoms with E-state index in [0.717, 1.165) is 6.29 Å². The van der Waals surface area contributed by atoms with E-state index < -0.39 is 0 Å². The molecule has 0 saturated heterocycles. The van der Waals surface area contributed by atoms with Crippen molar-refractivity contribution in [1.82, 2.24) is 4.90 Å². The molecule has 1 heterocycles. The number of ether oxygens (including phenoxy) is 12. The van der Waals surface area contributed by atoms with E-state index in [4.69, 9.17) is 56.8 Å². The van der Waals surface area contributed by atoms with E-state index >= 15 is 0 Å². The minimum Gasteiger partial charge on any atom is -0.379 e. The smallest absolute Gasteiger partial charge is 0.268 e. The molecule has 1 aliphatic rings. The molecule has 51 heavy (non-hydrogen) atoms. The molecular formula is C33H59NO15S2. The molecule has 0 saturated carbocycles. The molecule has 0 aromatic carbocycles. The lowest BCUT2D eigenvalue weighted by Crippen LogP contribution is -2.34. The van der Waals surface area contributed by atoms with E-state index in [-0.39, 0.29) is 25.0 Å². The third kappa shape index (κ3) is 27.1. The maximum Gasteiger partial charge on any atom is 0.268 e. The molecule has 0 unspecified atom stereocenters. The second kappa shape index (κ2) is 37.1. The van der Waals surface area contributed by atoms with Crippen LogP contribution in [-0.2, 0) is 71.2 Å². The number of thioether (sulfide) groups is 2. The molecule has 0 aromatic rings. The van der Waals surface area contributed by atoms with Gasteiger partial charge in [0.1, 0.15) is 6.29 Å². The zero-order valence-electron chi connectivity index (χ0n) is 30.3. The molecule has 0 fully saturated rings. The largest absolute Gasteiger partial charge is 0.379 e. The van der Waals surface area contributed by atoms with Crippen molar-refractivity contribution in [2.75, 3.05) is 178 Å². The van der Waals surface area contributed by atoms with Crippen molar-refractivity contribution >= 4 is 41.6 Å². The second-order valence-electron chi connectivity index (χ2n) is 10.1. The molecule has 2 amide bonds. The third-order valence-electron chi connectivity index (χ3n) is 6.42. The summed E-state index contributed by atoms with van der Waals surface area (Å²) in [6, 6.07) is 0. The summed E-state index contributed by atoms with van der Waals surface area (Å²) in [6.45, 7) is 11.2. The minimum absolute atomic E-state index is 0.224. The van der Waals surface area contributed by atoms with Gasteiger partial charge in [-0.2, -0.15) is 0 Å². The second-order valence-corrected chi connectivity index (χ2v) is 11.8. The predicted molar refractivity (Wildman–Crippen MR) is 191 cm³/mol. The van der Waals surface area contributed by atoms with Crippen LogP contribution in [0.25, 0.3) is 0 Å². The van der Waals surface area contributed by atoms with Crippen LogP contribution >= 0.6 is 23.5 Å². The van der Waals surface area contributed by atoms with Gasteiger partial charge in [-0.15, -0.1) is 23.5 Å². The van der Waals surface area contributed by atoms with Crippen molar-refractivity contribution in [1.29, 1.82) is 0 Å². The number of carbonyl (C=O) groups is 3. The van der Waals surface area contributed by atoms with Crippen LogP contribution in [0.1, 0.15) is 6.42 Å². The van der Waals surface area contributed by atoms with E-state index in [2.05, 4.69) is 0 Å². The van der Waals surface area contributed by atoms with E-state index in [0.29, 0.717) is 168 Å². The van der Waals surface area contributed by atoms with Crippen LogP contribution in [0.4, 0.5) is 0 Å². The van der Waals surface area contributed by atoms with Gasteiger partial charge in [0.15, 0.2) is 0 Å². The number of rotatable bonds is 41. The Morgan fingerprint density at radius 1 is 0.392 bits per heavy atom. The first-order valence-electron chi connectivity index (χ1n) is 17.2. The van der Waals surface area contributed by atoms with Crippen LogP contribution in [0.2, 0.25) is 0 Å². The Morgan fingerprint density at radius 3 is 0.824 bits per heavy atom. The maximum absolute atomic E-state index is 12.3. The summed E-state index contributed by atoms with van der Waals surface area (Å²) in [5.41, 5.74) is 0. The third-order valence-corrected chi connectivity index (χ3v) is 8.13. The lowest BCUT2D eigenvalue weighted by Gasteiger charge is -2.14. The first-order chi connectivity index (χ1) is 25.2. The number of hydrogen-bond acceptors (Lipinski definition) is 17. The Bertz CT molecular complexity index is 861. The summed E-state index contributed by atoms with van der Waals surface area (Å²) in [5, 5.41) is 0. The van der Waals surface area contributed by atoms with E-state index in [1.54, 1.807) is 12.5 Å². The molecule has 0 N–H and O–H groups in total. The molecule has 16 nitrogen and oxygen atoms in total. The van der Waals surface area contributed by atoms with Crippen molar-refractivity contribution in [3.05, 3.63) is 9.81 Å². The average molecular weight is 774 g/mol.